The zero-order valence-electron chi connectivity index (χ0n) is 12.1. The van der Waals surface area contributed by atoms with E-state index < -0.39 is 22.1 Å². The van der Waals surface area contributed by atoms with Crippen molar-refractivity contribution in [3.8, 4) is 0 Å². The Morgan fingerprint density at radius 3 is 2.67 bits per heavy atom. The van der Waals surface area contributed by atoms with Crippen LogP contribution in [0.15, 0.2) is 29.2 Å². The van der Waals surface area contributed by atoms with Crippen LogP contribution in [-0.4, -0.2) is 51.1 Å². The van der Waals surface area contributed by atoms with Gasteiger partial charge in [0.2, 0.25) is 10.0 Å². The summed E-state index contributed by atoms with van der Waals surface area (Å²) < 4.78 is 36.8. The van der Waals surface area contributed by atoms with E-state index in [1.807, 2.05) is 6.92 Å². The predicted octanol–water partition coefficient (Wildman–Crippen LogP) is 0.948. The van der Waals surface area contributed by atoms with Crippen LogP contribution >= 0.6 is 0 Å². The average Bonchev–Trinajstić information content (AvgIpc) is 2.46. The fraction of sp³-hybridized carbons (Fsp3) is 0.500. The van der Waals surface area contributed by atoms with Crippen LogP contribution in [0.25, 0.3) is 0 Å². The van der Waals surface area contributed by atoms with Gasteiger partial charge in [-0.2, -0.15) is 4.31 Å². The molecule has 0 spiro atoms. The lowest BCUT2D eigenvalue weighted by Gasteiger charge is -2.31. The van der Waals surface area contributed by atoms with Gasteiger partial charge in [-0.25, -0.2) is 8.42 Å². The van der Waals surface area contributed by atoms with E-state index in [0.29, 0.717) is 6.54 Å². The van der Waals surface area contributed by atoms with Crippen LogP contribution in [0.4, 0.5) is 0 Å². The Bertz CT molecular complexity index is 596. The van der Waals surface area contributed by atoms with Gasteiger partial charge in [0, 0.05) is 20.0 Å². The highest BCUT2D eigenvalue weighted by Crippen LogP contribution is 2.19. The third-order valence-electron chi connectivity index (χ3n) is 3.23. The number of hydrogen-bond acceptors (Lipinski definition) is 5. The Kier molecular flexibility index (Phi) is 4.97. The van der Waals surface area contributed by atoms with Crippen molar-refractivity contribution in [2.75, 3.05) is 26.3 Å². The monoisotopic (exact) mass is 313 g/mol. The van der Waals surface area contributed by atoms with Crippen molar-refractivity contribution in [3.63, 3.8) is 0 Å². The minimum Gasteiger partial charge on any atom is -0.463 e. The van der Waals surface area contributed by atoms with Crippen molar-refractivity contribution >= 4 is 16.0 Å². The topological polar surface area (TPSA) is 72.9 Å². The summed E-state index contributed by atoms with van der Waals surface area (Å²) in [6, 6.07) is 6.73. The van der Waals surface area contributed by atoms with Crippen molar-refractivity contribution in [2.24, 2.45) is 0 Å². The number of morpholine rings is 1. The van der Waals surface area contributed by atoms with Gasteiger partial charge in [0.05, 0.1) is 11.5 Å². The third-order valence-corrected chi connectivity index (χ3v) is 5.11. The summed E-state index contributed by atoms with van der Waals surface area (Å²) in [5.41, 5.74) is 1.00. The molecule has 21 heavy (non-hydrogen) atoms. The van der Waals surface area contributed by atoms with Crippen molar-refractivity contribution in [1.29, 1.82) is 0 Å². The number of ether oxygens (including phenoxy) is 2. The number of carbonyl (C=O) groups is 1. The molecule has 1 aromatic rings. The molecule has 1 unspecified atom stereocenters. The molecule has 1 saturated heterocycles. The Labute approximate surface area is 124 Å². The molecule has 6 nitrogen and oxygen atoms in total. The van der Waals surface area contributed by atoms with Gasteiger partial charge in [0.15, 0.2) is 0 Å². The summed E-state index contributed by atoms with van der Waals surface area (Å²) in [6.07, 6.45) is -0.428. The first-order valence-corrected chi connectivity index (χ1v) is 8.15. The van der Waals surface area contributed by atoms with E-state index in [-0.39, 0.29) is 24.7 Å². The third kappa shape index (κ3) is 4.03. The van der Waals surface area contributed by atoms with Crippen LogP contribution in [0.2, 0.25) is 0 Å². The van der Waals surface area contributed by atoms with Crippen molar-refractivity contribution in [2.45, 2.75) is 24.8 Å². The Morgan fingerprint density at radius 2 is 2.05 bits per heavy atom. The van der Waals surface area contributed by atoms with E-state index in [0.717, 1.165) is 5.56 Å². The quantitative estimate of drug-likeness (QED) is 0.774. The number of sulfonamides is 1. The molecule has 1 aliphatic rings. The summed E-state index contributed by atoms with van der Waals surface area (Å²) >= 11 is 0. The minimum atomic E-state index is -3.54. The smallest absolute Gasteiger partial charge is 0.302 e. The lowest BCUT2D eigenvalue weighted by atomic mass is 10.2. The van der Waals surface area contributed by atoms with Crippen LogP contribution in [0.5, 0.6) is 0 Å². The van der Waals surface area contributed by atoms with Gasteiger partial charge in [0.25, 0.3) is 0 Å². The van der Waals surface area contributed by atoms with Crippen molar-refractivity contribution in [3.05, 3.63) is 29.8 Å². The lowest BCUT2D eigenvalue weighted by Crippen LogP contribution is -2.47. The zero-order valence-corrected chi connectivity index (χ0v) is 12.9. The predicted molar refractivity (Wildman–Crippen MR) is 76.3 cm³/mol. The lowest BCUT2D eigenvalue weighted by molar-refractivity contribution is -0.146. The number of rotatable bonds is 4. The molecule has 0 N–H and O–H groups in total. The van der Waals surface area contributed by atoms with E-state index >= 15 is 0 Å². The van der Waals surface area contributed by atoms with E-state index in [1.165, 1.54) is 11.2 Å². The Balaban J connectivity index is 2.09. The van der Waals surface area contributed by atoms with Gasteiger partial charge in [-0.15, -0.1) is 0 Å². The fourth-order valence-corrected chi connectivity index (χ4v) is 3.54. The van der Waals surface area contributed by atoms with Crippen LogP contribution in [0, 0.1) is 6.92 Å². The molecule has 1 fully saturated rings. The SMILES string of the molecule is CC(=O)OCC1CN(S(=O)(=O)c2ccc(C)cc2)CCO1. The largest absolute Gasteiger partial charge is 0.463 e. The molecule has 1 aromatic carbocycles. The van der Waals surface area contributed by atoms with Gasteiger partial charge in [-0.05, 0) is 19.1 Å². The first kappa shape index (κ1) is 15.9. The number of carbonyl (C=O) groups excluding carboxylic acids is 1. The molecule has 0 saturated carbocycles. The van der Waals surface area contributed by atoms with Crippen molar-refractivity contribution in [1.82, 2.24) is 4.31 Å². The number of esters is 1. The molecule has 1 aliphatic heterocycles. The first-order chi connectivity index (χ1) is 9.89. The van der Waals surface area contributed by atoms with E-state index in [4.69, 9.17) is 9.47 Å². The normalized spacial score (nSPS) is 20.2. The van der Waals surface area contributed by atoms with Gasteiger partial charge < -0.3 is 9.47 Å². The molecule has 1 heterocycles. The molecule has 0 radical (unpaired) electrons. The Hall–Kier alpha value is -1.44. The average molecular weight is 313 g/mol. The highest BCUT2D eigenvalue weighted by molar-refractivity contribution is 7.89. The molecular weight excluding hydrogens is 294 g/mol. The summed E-state index contributed by atoms with van der Waals surface area (Å²) in [4.78, 5) is 11.1. The maximum Gasteiger partial charge on any atom is 0.302 e. The second kappa shape index (κ2) is 6.55. The van der Waals surface area contributed by atoms with Crippen LogP contribution in [0.1, 0.15) is 12.5 Å². The highest BCUT2D eigenvalue weighted by Gasteiger charge is 2.31. The van der Waals surface area contributed by atoms with Gasteiger partial charge in [-0.1, -0.05) is 17.7 Å². The van der Waals surface area contributed by atoms with E-state index in [9.17, 15) is 13.2 Å². The zero-order chi connectivity index (χ0) is 15.5. The molecule has 0 amide bonds. The second-order valence-electron chi connectivity index (χ2n) is 4.97. The summed E-state index contributed by atoms with van der Waals surface area (Å²) in [5, 5.41) is 0. The molecule has 1 atom stereocenters. The highest BCUT2D eigenvalue weighted by atomic mass is 32.2. The van der Waals surface area contributed by atoms with Crippen LogP contribution in [-0.2, 0) is 24.3 Å². The van der Waals surface area contributed by atoms with Crippen molar-refractivity contribution < 1.29 is 22.7 Å². The summed E-state index contributed by atoms with van der Waals surface area (Å²) in [6.45, 7) is 4.05. The number of aryl methyl sites for hydroxylation is 1. The summed E-state index contributed by atoms with van der Waals surface area (Å²) in [7, 11) is -3.54. The molecule has 7 heteroatoms. The van der Waals surface area contributed by atoms with Crippen LogP contribution < -0.4 is 0 Å². The standard InChI is InChI=1S/C14H19NO5S/c1-11-3-5-14(6-4-11)21(17,18)15-7-8-19-13(9-15)10-20-12(2)16/h3-6,13H,7-10H2,1-2H3. The van der Waals surface area contributed by atoms with Gasteiger partial charge >= 0.3 is 5.97 Å². The molecule has 0 aromatic heterocycles. The Morgan fingerprint density at radius 1 is 1.38 bits per heavy atom. The maximum absolute atomic E-state index is 12.5. The second-order valence-corrected chi connectivity index (χ2v) is 6.91. The van der Waals surface area contributed by atoms with E-state index in [1.54, 1.807) is 24.3 Å². The maximum atomic E-state index is 12.5. The first-order valence-electron chi connectivity index (χ1n) is 6.71. The molecule has 2 rings (SSSR count). The van der Waals surface area contributed by atoms with Gasteiger partial charge in [-0.3, -0.25) is 4.79 Å². The number of nitrogens with zero attached hydrogens (tertiary/aromatic N) is 1. The number of benzene rings is 1. The number of hydrogen-bond donors (Lipinski definition) is 0. The molecule has 0 aliphatic carbocycles. The fourth-order valence-electron chi connectivity index (χ4n) is 2.08. The van der Waals surface area contributed by atoms with Crippen LogP contribution in [0.3, 0.4) is 0 Å². The summed E-state index contributed by atoms with van der Waals surface area (Å²) in [5.74, 6) is -0.405. The molecule has 0 bridgehead atoms. The minimum absolute atomic E-state index is 0.0647. The molecular formula is C14H19NO5S. The van der Waals surface area contributed by atoms with Gasteiger partial charge in [0.1, 0.15) is 12.7 Å². The van der Waals surface area contributed by atoms with E-state index in [2.05, 4.69) is 0 Å². The molecule has 116 valence electrons.